The topological polar surface area (TPSA) is 54.4 Å². The molecule has 0 aliphatic carbocycles. The second kappa shape index (κ2) is 5.98. The fourth-order valence-electron chi connectivity index (χ4n) is 1.62. The summed E-state index contributed by atoms with van der Waals surface area (Å²) >= 11 is 3.43. The number of aliphatic hydroxyl groups excluding tert-OH is 1. The lowest BCUT2D eigenvalue weighted by atomic mass is 10.0. The molecule has 5 heteroatoms. The Bertz CT molecular complexity index is 483. The van der Waals surface area contributed by atoms with Crippen molar-refractivity contribution in [1.82, 2.24) is 0 Å². The predicted molar refractivity (Wildman–Crippen MR) is 72.8 cm³/mol. The summed E-state index contributed by atoms with van der Waals surface area (Å²) < 4.78 is 22.9. The molecule has 0 heterocycles. The predicted octanol–water partition coefficient (Wildman–Crippen LogP) is 2.62. The van der Waals surface area contributed by atoms with Gasteiger partial charge in [0.1, 0.15) is 9.84 Å². The maximum Gasteiger partial charge on any atom is 0.147 e. The summed E-state index contributed by atoms with van der Waals surface area (Å²) in [6.45, 7) is 1.96. The third-order valence-corrected chi connectivity index (χ3v) is 4.69. The summed E-state index contributed by atoms with van der Waals surface area (Å²) in [5.74, 6) is 0.119. The number of sulfone groups is 1. The largest absolute Gasteiger partial charge is 0.388 e. The Balaban J connectivity index is 2.64. The van der Waals surface area contributed by atoms with Crippen molar-refractivity contribution in [2.24, 2.45) is 0 Å². The lowest BCUT2D eigenvalue weighted by molar-refractivity contribution is 0.166. The van der Waals surface area contributed by atoms with Crippen LogP contribution in [-0.4, -0.2) is 25.5 Å². The highest BCUT2D eigenvalue weighted by molar-refractivity contribution is 9.10. The van der Waals surface area contributed by atoms with Gasteiger partial charge in [-0.05, 0) is 30.9 Å². The van der Waals surface area contributed by atoms with E-state index in [-0.39, 0.29) is 5.75 Å². The summed E-state index contributed by atoms with van der Waals surface area (Å²) in [5.41, 5.74) is 1.88. The maximum absolute atomic E-state index is 11.0. The summed E-state index contributed by atoms with van der Waals surface area (Å²) in [7, 11) is -2.94. The van der Waals surface area contributed by atoms with Gasteiger partial charge in [-0.15, -0.1) is 0 Å². The van der Waals surface area contributed by atoms with E-state index in [1.54, 1.807) is 0 Å². The average molecular weight is 321 g/mol. The first-order valence-electron chi connectivity index (χ1n) is 5.42. The quantitative estimate of drug-likeness (QED) is 0.907. The Kier molecular flexibility index (Phi) is 5.16. The Hall–Kier alpha value is -0.390. The van der Waals surface area contributed by atoms with E-state index >= 15 is 0 Å². The zero-order valence-electron chi connectivity index (χ0n) is 9.98. The molecule has 1 rings (SSSR count). The van der Waals surface area contributed by atoms with Crippen LogP contribution >= 0.6 is 15.9 Å². The fraction of sp³-hybridized carbons (Fsp3) is 0.500. The number of rotatable bonds is 5. The van der Waals surface area contributed by atoms with Crippen molar-refractivity contribution in [3.05, 3.63) is 33.8 Å². The monoisotopic (exact) mass is 320 g/mol. The van der Waals surface area contributed by atoms with Gasteiger partial charge in [-0.25, -0.2) is 8.42 Å². The zero-order valence-corrected chi connectivity index (χ0v) is 12.4. The van der Waals surface area contributed by atoms with E-state index in [1.807, 2.05) is 25.1 Å². The smallest absolute Gasteiger partial charge is 0.147 e. The van der Waals surface area contributed by atoms with Crippen molar-refractivity contribution in [3.63, 3.8) is 0 Å². The molecule has 3 nitrogen and oxygen atoms in total. The first kappa shape index (κ1) is 14.7. The number of halogens is 1. The number of hydrogen-bond donors (Lipinski definition) is 1. The molecule has 0 saturated carbocycles. The van der Waals surface area contributed by atoms with Gasteiger partial charge in [0.2, 0.25) is 0 Å². The van der Waals surface area contributed by atoms with Gasteiger partial charge in [0, 0.05) is 16.5 Å². The number of aliphatic hydroxyl groups is 1. The molecule has 96 valence electrons. The first-order chi connectivity index (χ1) is 7.81. The number of hydrogen-bond acceptors (Lipinski definition) is 3. The van der Waals surface area contributed by atoms with Gasteiger partial charge in [-0.2, -0.15) is 0 Å². The minimum absolute atomic E-state index is 0.119. The van der Waals surface area contributed by atoms with Gasteiger partial charge >= 0.3 is 0 Å². The van der Waals surface area contributed by atoms with Crippen LogP contribution in [0, 0.1) is 6.92 Å². The maximum atomic E-state index is 11.0. The van der Waals surface area contributed by atoms with Gasteiger partial charge in [0.15, 0.2) is 0 Å². The molecule has 0 fully saturated rings. The molecule has 1 atom stereocenters. The molecule has 0 aliphatic rings. The zero-order chi connectivity index (χ0) is 13.1. The molecule has 0 saturated heterocycles. The molecule has 1 aromatic carbocycles. The van der Waals surface area contributed by atoms with E-state index in [0.29, 0.717) is 12.8 Å². The van der Waals surface area contributed by atoms with Crippen LogP contribution in [0.3, 0.4) is 0 Å². The van der Waals surface area contributed by atoms with E-state index in [9.17, 15) is 13.5 Å². The van der Waals surface area contributed by atoms with Gasteiger partial charge in [-0.1, -0.05) is 34.1 Å². The van der Waals surface area contributed by atoms with Crippen LogP contribution in [0.25, 0.3) is 0 Å². The minimum atomic E-state index is -2.94. The molecular weight excluding hydrogens is 304 g/mol. The highest BCUT2D eigenvalue weighted by Crippen LogP contribution is 2.29. The van der Waals surface area contributed by atoms with E-state index < -0.39 is 15.9 Å². The van der Waals surface area contributed by atoms with Crippen LogP contribution in [-0.2, 0) is 9.84 Å². The molecule has 17 heavy (non-hydrogen) atoms. The first-order valence-corrected chi connectivity index (χ1v) is 8.27. The Labute approximate surface area is 111 Å². The van der Waals surface area contributed by atoms with Gasteiger partial charge in [-0.3, -0.25) is 0 Å². The second-order valence-corrected chi connectivity index (χ2v) is 7.32. The molecule has 0 amide bonds. The third kappa shape index (κ3) is 4.77. The minimum Gasteiger partial charge on any atom is -0.388 e. The van der Waals surface area contributed by atoms with Crippen molar-refractivity contribution < 1.29 is 13.5 Å². The standard InChI is InChI=1S/C12H17BrO3S/c1-9-5-3-6-10(12(9)13)11(14)7-4-8-17(2,15)16/h3,5-6,11,14H,4,7-8H2,1-2H3. The molecule has 1 aromatic rings. The lowest BCUT2D eigenvalue weighted by Crippen LogP contribution is -2.06. The van der Waals surface area contributed by atoms with Crippen LogP contribution in [0.4, 0.5) is 0 Å². The highest BCUT2D eigenvalue weighted by Gasteiger charge is 2.13. The molecule has 1 unspecified atom stereocenters. The van der Waals surface area contributed by atoms with Crippen molar-refractivity contribution in [2.45, 2.75) is 25.9 Å². The fourth-order valence-corrected chi connectivity index (χ4v) is 2.84. The number of aryl methyl sites for hydroxylation is 1. The third-order valence-electron chi connectivity index (χ3n) is 2.57. The second-order valence-electron chi connectivity index (χ2n) is 4.27. The van der Waals surface area contributed by atoms with E-state index in [1.165, 1.54) is 6.26 Å². The molecule has 1 N–H and O–H groups in total. The van der Waals surface area contributed by atoms with E-state index in [4.69, 9.17) is 0 Å². The summed E-state index contributed by atoms with van der Waals surface area (Å²) in [6, 6.07) is 5.69. The van der Waals surface area contributed by atoms with Crippen LogP contribution in [0.1, 0.15) is 30.1 Å². The Morgan fingerprint density at radius 2 is 2.06 bits per heavy atom. The summed E-state index contributed by atoms with van der Waals surface area (Å²) in [5, 5.41) is 10.00. The molecule has 0 aromatic heterocycles. The van der Waals surface area contributed by atoms with Crippen LogP contribution in [0.15, 0.2) is 22.7 Å². The SMILES string of the molecule is Cc1cccc(C(O)CCCS(C)(=O)=O)c1Br. The Morgan fingerprint density at radius 3 is 2.65 bits per heavy atom. The number of benzene rings is 1. The summed E-state index contributed by atoms with van der Waals surface area (Å²) in [6.07, 6.45) is 1.52. The van der Waals surface area contributed by atoms with E-state index in [2.05, 4.69) is 15.9 Å². The van der Waals surface area contributed by atoms with Gasteiger partial charge < -0.3 is 5.11 Å². The average Bonchev–Trinajstić information content (AvgIpc) is 2.20. The van der Waals surface area contributed by atoms with Gasteiger partial charge in [0.05, 0.1) is 6.10 Å². The normalized spacial score (nSPS) is 13.6. The molecule has 0 spiro atoms. The van der Waals surface area contributed by atoms with Gasteiger partial charge in [0.25, 0.3) is 0 Å². The van der Waals surface area contributed by atoms with Crippen LogP contribution in [0.2, 0.25) is 0 Å². The van der Waals surface area contributed by atoms with Crippen molar-refractivity contribution in [2.75, 3.05) is 12.0 Å². The molecule has 0 bridgehead atoms. The van der Waals surface area contributed by atoms with E-state index in [0.717, 1.165) is 15.6 Å². The summed E-state index contributed by atoms with van der Waals surface area (Å²) in [4.78, 5) is 0. The van der Waals surface area contributed by atoms with Crippen LogP contribution in [0.5, 0.6) is 0 Å². The van der Waals surface area contributed by atoms with Crippen LogP contribution < -0.4 is 0 Å². The molecule has 0 radical (unpaired) electrons. The van der Waals surface area contributed by atoms with Crippen molar-refractivity contribution in [3.8, 4) is 0 Å². The lowest BCUT2D eigenvalue weighted by Gasteiger charge is -2.13. The van der Waals surface area contributed by atoms with Crippen molar-refractivity contribution in [1.29, 1.82) is 0 Å². The highest BCUT2D eigenvalue weighted by atomic mass is 79.9. The molecule has 0 aliphatic heterocycles. The molecular formula is C12H17BrO3S. The van der Waals surface area contributed by atoms with Crippen molar-refractivity contribution >= 4 is 25.8 Å². The Morgan fingerprint density at radius 1 is 1.41 bits per heavy atom.